The molecule has 1 aromatic heterocycles. The summed E-state index contributed by atoms with van der Waals surface area (Å²) in [6.07, 6.45) is 0.981. The Hall–Kier alpha value is -2.57. The van der Waals surface area contributed by atoms with Crippen molar-refractivity contribution >= 4 is 28.7 Å². The minimum Gasteiger partial charge on any atom is -0.481 e. The molecule has 0 spiro atoms. The van der Waals surface area contributed by atoms with Gasteiger partial charge in [-0.05, 0) is 31.5 Å². The fourth-order valence-electron chi connectivity index (χ4n) is 2.64. The molecule has 1 aromatic carbocycles. The van der Waals surface area contributed by atoms with Crippen LogP contribution in [0, 0.1) is 6.92 Å². The fraction of sp³-hybridized carbons (Fsp3) is 0.438. The number of carboxylic acid groups (broad SMARTS) is 2. The molecule has 0 aliphatic heterocycles. The van der Waals surface area contributed by atoms with Crippen molar-refractivity contribution in [2.45, 2.75) is 33.2 Å². The number of imidazole rings is 1. The van der Waals surface area contributed by atoms with Crippen molar-refractivity contribution in [3.05, 3.63) is 24.0 Å². The first kappa shape index (κ1) is 16.8. The van der Waals surface area contributed by atoms with Crippen LogP contribution in [0.2, 0.25) is 0 Å². The molecule has 2 aromatic rings. The predicted molar refractivity (Wildman–Crippen MR) is 86.9 cm³/mol. The van der Waals surface area contributed by atoms with Gasteiger partial charge in [-0.3, -0.25) is 9.59 Å². The highest BCUT2D eigenvalue weighted by molar-refractivity contribution is 5.82. The van der Waals surface area contributed by atoms with Crippen molar-refractivity contribution in [1.82, 2.24) is 9.55 Å². The number of aryl methyl sites for hydroxylation is 1. The van der Waals surface area contributed by atoms with Gasteiger partial charge in [-0.25, -0.2) is 4.98 Å². The second kappa shape index (κ2) is 7.13. The summed E-state index contributed by atoms with van der Waals surface area (Å²) in [5.41, 5.74) is 2.39. The molecule has 23 heavy (non-hydrogen) atoms. The summed E-state index contributed by atoms with van der Waals surface area (Å²) in [6.45, 7) is 4.88. The van der Waals surface area contributed by atoms with Crippen molar-refractivity contribution in [3.63, 3.8) is 0 Å². The molecular weight excluding hydrogens is 298 g/mol. The maximum absolute atomic E-state index is 11.0. The molecule has 0 atom stereocenters. The van der Waals surface area contributed by atoms with Gasteiger partial charge in [0, 0.05) is 18.8 Å². The maximum atomic E-state index is 11.0. The highest BCUT2D eigenvalue weighted by atomic mass is 16.4. The first-order chi connectivity index (χ1) is 10.9. The molecule has 2 N–H and O–H groups in total. The Kier molecular flexibility index (Phi) is 5.20. The van der Waals surface area contributed by atoms with Crippen LogP contribution in [0.15, 0.2) is 18.2 Å². The Labute approximate surface area is 134 Å². The van der Waals surface area contributed by atoms with Crippen molar-refractivity contribution in [3.8, 4) is 0 Å². The standard InChI is InChI=1S/C16H21N3O4/c1-3-7-18(8-6-15(20)21)12-4-5-14-13(9-12)17-11(2)19(14)10-16(22)23/h4-5,9H,3,6-8,10H2,1-2H3,(H,20,21)(H,22,23). The number of carbonyl (C=O) groups is 2. The van der Waals surface area contributed by atoms with E-state index in [1.54, 1.807) is 11.5 Å². The third-order valence-corrected chi connectivity index (χ3v) is 3.67. The first-order valence-electron chi connectivity index (χ1n) is 7.57. The lowest BCUT2D eigenvalue weighted by Crippen LogP contribution is -2.26. The third kappa shape index (κ3) is 4.00. The summed E-state index contributed by atoms with van der Waals surface area (Å²) in [5.74, 6) is -1.09. The molecule has 0 saturated carbocycles. The number of benzene rings is 1. The van der Waals surface area contributed by atoms with Crippen molar-refractivity contribution in [2.75, 3.05) is 18.0 Å². The molecule has 2 rings (SSSR count). The van der Waals surface area contributed by atoms with E-state index in [0.717, 1.165) is 29.7 Å². The minimum absolute atomic E-state index is 0.0739. The smallest absolute Gasteiger partial charge is 0.323 e. The van der Waals surface area contributed by atoms with E-state index in [1.165, 1.54) is 0 Å². The number of aliphatic carboxylic acids is 2. The Morgan fingerprint density at radius 1 is 1.22 bits per heavy atom. The van der Waals surface area contributed by atoms with E-state index in [1.807, 2.05) is 30.0 Å². The average molecular weight is 319 g/mol. The topological polar surface area (TPSA) is 95.7 Å². The largest absolute Gasteiger partial charge is 0.481 e. The summed E-state index contributed by atoms with van der Waals surface area (Å²) in [7, 11) is 0. The summed E-state index contributed by atoms with van der Waals surface area (Å²) in [4.78, 5) is 28.2. The Morgan fingerprint density at radius 3 is 2.57 bits per heavy atom. The second-order valence-corrected chi connectivity index (χ2v) is 5.44. The molecule has 124 valence electrons. The number of rotatable bonds is 8. The van der Waals surface area contributed by atoms with E-state index in [4.69, 9.17) is 10.2 Å². The van der Waals surface area contributed by atoms with Crippen molar-refractivity contribution < 1.29 is 19.8 Å². The molecule has 7 heteroatoms. The highest BCUT2D eigenvalue weighted by Gasteiger charge is 2.13. The van der Waals surface area contributed by atoms with E-state index in [-0.39, 0.29) is 13.0 Å². The Balaban J connectivity index is 2.34. The van der Waals surface area contributed by atoms with Crippen molar-refractivity contribution in [2.24, 2.45) is 0 Å². The Morgan fingerprint density at radius 2 is 1.96 bits per heavy atom. The number of anilines is 1. The average Bonchev–Trinajstić information content (AvgIpc) is 2.78. The molecule has 7 nitrogen and oxygen atoms in total. The fourth-order valence-corrected chi connectivity index (χ4v) is 2.64. The van der Waals surface area contributed by atoms with Gasteiger partial charge in [0.2, 0.25) is 0 Å². The van der Waals surface area contributed by atoms with E-state index in [9.17, 15) is 9.59 Å². The number of hydrogen-bond donors (Lipinski definition) is 2. The van der Waals surface area contributed by atoms with Crippen molar-refractivity contribution in [1.29, 1.82) is 0 Å². The van der Waals surface area contributed by atoms with Crippen LogP contribution in [-0.4, -0.2) is 44.8 Å². The Bertz CT molecular complexity index is 723. The zero-order chi connectivity index (χ0) is 17.0. The quantitative estimate of drug-likeness (QED) is 0.774. The molecule has 0 fully saturated rings. The van der Waals surface area contributed by atoms with Gasteiger partial charge < -0.3 is 19.7 Å². The summed E-state index contributed by atoms with van der Waals surface area (Å²) in [6, 6.07) is 5.62. The highest BCUT2D eigenvalue weighted by Crippen LogP contribution is 2.23. The van der Waals surface area contributed by atoms with Crippen LogP contribution in [0.25, 0.3) is 11.0 Å². The van der Waals surface area contributed by atoms with Gasteiger partial charge in [-0.1, -0.05) is 6.92 Å². The molecule has 0 bridgehead atoms. The lowest BCUT2D eigenvalue weighted by Gasteiger charge is -2.23. The number of fused-ring (bicyclic) bond motifs is 1. The van der Waals surface area contributed by atoms with Gasteiger partial charge >= 0.3 is 11.9 Å². The molecule has 1 heterocycles. The van der Waals surface area contributed by atoms with E-state index in [2.05, 4.69) is 4.98 Å². The second-order valence-electron chi connectivity index (χ2n) is 5.44. The van der Waals surface area contributed by atoms with Gasteiger partial charge in [-0.2, -0.15) is 0 Å². The zero-order valence-electron chi connectivity index (χ0n) is 13.3. The van der Waals surface area contributed by atoms with Crippen LogP contribution in [-0.2, 0) is 16.1 Å². The monoisotopic (exact) mass is 319 g/mol. The zero-order valence-corrected chi connectivity index (χ0v) is 13.3. The molecule has 0 aliphatic rings. The lowest BCUT2D eigenvalue weighted by atomic mass is 10.2. The summed E-state index contributed by atoms with van der Waals surface area (Å²) >= 11 is 0. The molecular formula is C16H21N3O4. The van der Waals surface area contributed by atoms with Gasteiger partial charge in [0.15, 0.2) is 0 Å². The number of hydrogen-bond acceptors (Lipinski definition) is 4. The minimum atomic E-state index is -0.912. The summed E-state index contributed by atoms with van der Waals surface area (Å²) in [5, 5.41) is 17.9. The summed E-state index contributed by atoms with van der Waals surface area (Å²) < 4.78 is 1.66. The molecule has 0 aliphatic carbocycles. The molecule has 0 radical (unpaired) electrons. The predicted octanol–water partition coefficient (Wildman–Crippen LogP) is 2.12. The lowest BCUT2D eigenvalue weighted by molar-refractivity contribution is -0.138. The SMILES string of the molecule is CCCN(CCC(=O)O)c1ccc2c(c1)nc(C)n2CC(=O)O. The third-order valence-electron chi connectivity index (χ3n) is 3.67. The van der Waals surface area contributed by atoms with Crippen LogP contribution in [0.5, 0.6) is 0 Å². The normalized spacial score (nSPS) is 10.9. The van der Waals surface area contributed by atoms with Crippen LogP contribution in [0.3, 0.4) is 0 Å². The molecule has 0 unspecified atom stereocenters. The van der Waals surface area contributed by atoms with Crippen LogP contribution >= 0.6 is 0 Å². The number of aromatic nitrogens is 2. The van der Waals surface area contributed by atoms with E-state index in [0.29, 0.717) is 12.4 Å². The van der Waals surface area contributed by atoms with Gasteiger partial charge in [0.1, 0.15) is 12.4 Å². The molecule has 0 amide bonds. The first-order valence-corrected chi connectivity index (χ1v) is 7.57. The van der Waals surface area contributed by atoms with E-state index >= 15 is 0 Å². The van der Waals surface area contributed by atoms with Gasteiger partial charge in [0.05, 0.1) is 17.5 Å². The molecule has 0 saturated heterocycles. The van der Waals surface area contributed by atoms with Crippen LogP contribution < -0.4 is 4.90 Å². The van der Waals surface area contributed by atoms with Crippen LogP contribution in [0.1, 0.15) is 25.6 Å². The maximum Gasteiger partial charge on any atom is 0.323 e. The van der Waals surface area contributed by atoms with Gasteiger partial charge in [-0.15, -0.1) is 0 Å². The van der Waals surface area contributed by atoms with Crippen LogP contribution in [0.4, 0.5) is 5.69 Å². The number of carboxylic acids is 2. The number of nitrogens with zero attached hydrogens (tertiary/aromatic N) is 3. The van der Waals surface area contributed by atoms with Gasteiger partial charge in [0.25, 0.3) is 0 Å². The van der Waals surface area contributed by atoms with E-state index < -0.39 is 11.9 Å².